The minimum absolute atomic E-state index is 0.00967. The van der Waals surface area contributed by atoms with Crippen LogP contribution in [0, 0.1) is 11.8 Å². The van der Waals surface area contributed by atoms with Gasteiger partial charge in [-0.05, 0) is 36.8 Å². The number of aliphatic carboxylic acids is 1. The van der Waals surface area contributed by atoms with Crippen molar-refractivity contribution in [2.24, 2.45) is 11.8 Å². The van der Waals surface area contributed by atoms with Crippen molar-refractivity contribution in [1.29, 1.82) is 0 Å². The molecule has 1 aromatic carbocycles. The van der Waals surface area contributed by atoms with Crippen molar-refractivity contribution in [2.75, 3.05) is 13.7 Å². The first-order valence-corrected chi connectivity index (χ1v) is 14.0. The molecular formula is C29H42N4O7. The normalized spacial score (nSPS) is 22.6. The number of methoxy groups -OCH3 is 1. The molecule has 40 heavy (non-hydrogen) atoms. The second kappa shape index (κ2) is 15.5. The Balaban J connectivity index is 1.53. The molecule has 220 valence electrons. The fourth-order valence-electron chi connectivity index (χ4n) is 4.92. The molecular weight excluding hydrogens is 516 g/mol. The minimum atomic E-state index is -0.946. The summed E-state index contributed by atoms with van der Waals surface area (Å²) >= 11 is 0. The molecule has 0 saturated carbocycles. The number of hydrogen-bond acceptors (Lipinski definition) is 8. The second-order valence-corrected chi connectivity index (χ2v) is 10.5. The number of ketones is 1. The average Bonchev–Trinajstić information content (AvgIpc) is 3.40. The number of carboxylic acids is 1. The third-order valence-electron chi connectivity index (χ3n) is 7.48. The van der Waals surface area contributed by atoms with Crippen LogP contribution in [0.2, 0.25) is 0 Å². The van der Waals surface area contributed by atoms with Gasteiger partial charge in [-0.2, -0.15) is 0 Å². The predicted molar refractivity (Wildman–Crippen MR) is 148 cm³/mol. The number of carbonyl (C=O) groups is 3. The zero-order valence-electron chi connectivity index (χ0n) is 23.9. The highest BCUT2D eigenvalue weighted by Crippen LogP contribution is 2.33. The summed E-state index contributed by atoms with van der Waals surface area (Å²) in [6.07, 6.45) is 4.75. The van der Waals surface area contributed by atoms with E-state index in [0.717, 1.165) is 42.7 Å². The quantitative estimate of drug-likeness (QED) is 0.294. The number of benzene rings is 1. The Hall–Kier alpha value is -3.31. The molecule has 1 fully saturated rings. The molecule has 2 heterocycles. The molecule has 0 aliphatic carbocycles. The number of rotatable bonds is 16. The highest BCUT2D eigenvalue weighted by atomic mass is 16.7. The smallest absolute Gasteiger partial charge is 0.303 e. The SMILES string of the molecule is COc1cccc(-c2cn(CC3OC(OCCCCCCC(=O)CCC(=O)O)C(NC(C)=O)C(C)C3C)nn2)c1. The molecule has 1 aromatic heterocycles. The number of carboxylic acid groups (broad SMARTS) is 1. The van der Waals surface area contributed by atoms with Gasteiger partial charge in [-0.15, -0.1) is 5.10 Å². The molecule has 2 aromatic rings. The van der Waals surface area contributed by atoms with Gasteiger partial charge in [0.25, 0.3) is 0 Å². The van der Waals surface area contributed by atoms with Gasteiger partial charge in [0.05, 0.1) is 38.4 Å². The van der Waals surface area contributed by atoms with Gasteiger partial charge < -0.3 is 24.6 Å². The number of nitrogens with zero attached hydrogens (tertiary/aromatic N) is 3. The summed E-state index contributed by atoms with van der Waals surface area (Å²) in [6.45, 7) is 6.66. The van der Waals surface area contributed by atoms with Crippen molar-refractivity contribution in [2.45, 2.75) is 90.7 Å². The Morgan fingerprint density at radius 1 is 1.07 bits per heavy atom. The van der Waals surface area contributed by atoms with Crippen molar-refractivity contribution in [3.8, 4) is 17.0 Å². The van der Waals surface area contributed by atoms with Crippen LogP contribution in [0.25, 0.3) is 11.3 Å². The van der Waals surface area contributed by atoms with Gasteiger partial charge in [0.2, 0.25) is 5.91 Å². The van der Waals surface area contributed by atoms with E-state index in [4.69, 9.17) is 19.3 Å². The number of ether oxygens (including phenoxy) is 3. The van der Waals surface area contributed by atoms with Gasteiger partial charge >= 0.3 is 5.97 Å². The summed E-state index contributed by atoms with van der Waals surface area (Å²) in [6, 6.07) is 7.38. The van der Waals surface area contributed by atoms with Crippen LogP contribution in [0.3, 0.4) is 0 Å². The molecule has 1 amide bonds. The van der Waals surface area contributed by atoms with E-state index in [1.54, 1.807) is 11.8 Å². The molecule has 11 heteroatoms. The molecule has 3 rings (SSSR count). The molecule has 5 atom stereocenters. The lowest BCUT2D eigenvalue weighted by Crippen LogP contribution is -2.58. The van der Waals surface area contributed by atoms with E-state index in [-0.39, 0.29) is 48.5 Å². The van der Waals surface area contributed by atoms with Crippen molar-refractivity contribution in [1.82, 2.24) is 20.3 Å². The maximum atomic E-state index is 11.9. The van der Waals surface area contributed by atoms with Crippen LogP contribution in [0.4, 0.5) is 0 Å². The lowest BCUT2D eigenvalue weighted by atomic mass is 9.82. The van der Waals surface area contributed by atoms with E-state index >= 15 is 0 Å². The van der Waals surface area contributed by atoms with E-state index in [2.05, 4.69) is 29.5 Å². The maximum absolute atomic E-state index is 11.9. The number of hydrogen-bond donors (Lipinski definition) is 2. The zero-order valence-corrected chi connectivity index (χ0v) is 23.9. The van der Waals surface area contributed by atoms with Crippen molar-refractivity contribution in [3.63, 3.8) is 0 Å². The molecule has 2 N–H and O–H groups in total. The molecule has 1 aliphatic heterocycles. The average molecular weight is 559 g/mol. The van der Waals surface area contributed by atoms with Crippen LogP contribution >= 0.6 is 0 Å². The summed E-state index contributed by atoms with van der Waals surface area (Å²) < 4.78 is 19.6. The number of amides is 1. The number of nitrogens with one attached hydrogen (secondary N) is 1. The first kappa shape index (κ1) is 31.2. The molecule has 0 spiro atoms. The van der Waals surface area contributed by atoms with E-state index in [1.807, 2.05) is 30.5 Å². The Labute approximate surface area is 235 Å². The topological polar surface area (TPSA) is 142 Å². The van der Waals surface area contributed by atoms with E-state index < -0.39 is 12.3 Å². The highest BCUT2D eigenvalue weighted by molar-refractivity contribution is 5.82. The highest BCUT2D eigenvalue weighted by Gasteiger charge is 2.42. The van der Waals surface area contributed by atoms with Gasteiger partial charge in [0, 0.05) is 31.9 Å². The molecule has 5 unspecified atom stereocenters. The maximum Gasteiger partial charge on any atom is 0.303 e. The number of aromatic nitrogens is 3. The van der Waals surface area contributed by atoms with Crippen LogP contribution in [0.1, 0.15) is 65.7 Å². The fraction of sp³-hybridized carbons (Fsp3) is 0.621. The molecule has 0 radical (unpaired) electrons. The molecule has 11 nitrogen and oxygen atoms in total. The standard InChI is InChI=1S/C29H42N4O7/c1-19-20(2)28(30-21(3)34)29(39-15-8-6-5-7-11-23(35)13-14-27(36)37)40-26(19)18-33-17-25(31-32-33)22-10-9-12-24(16-22)38-4/h9-10,12,16-17,19-20,26,28-29H,5-8,11,13-15,18H2,1-4H3,(H,30,34)(H,36,37). The summed E-state index contributed by atoms with van der Waals surface area (Å²) in [4.78, 5) is 34.2. The van der Waals surface area contributed by atoms with Crippen LogP contribution < -0.4 is 10.1 Å². The third kappa shape index (κ3) is 9.41. The number of unbranched alkanes of at least 4 members (excludes halogenated alkanes) is 3. The van der Waals surface area contributed by atoms with Gasteiger partial charge in [0.15, 0.2) is 6.29 Å². The molecule has 1 aliphatic rings. The molecule has 1 saturated heterocycles. The minimum Gasteiger partial charge on any atom is -0.497 e. The van der Waals surface area contributed by atoms with E-state index in [0.29, 0.717) is 19.6 Å². The van der Waals surface area contributed by atoms with Crippen LogP contribution in [0.15, 0.2) is 30.5 Å². The number of Topliss-reactive ketones (excluding diaryl/α,β-unsaturated/α-hetero) is 1. The first-order chi connectivity index (χ1) is 19.2. The largest absolute Gasteiger partial charge is 0.497 e. The fourth-order valence-corrected chi connectivity index (χ4v) is 4.92. The van der Waals surface area contributed by atoms with Crippen LogP contribution in [-0.4, -0.2) is 69.9 Å². The molecule has 0 bridgehead atoms. The van der Waals surface area contributed by atoms with Gasteiger partial charge in [-0.25, -0.2) is 4.68 Å². The Kier molecular flexibility index (Phi) is 12.1. The lowest BCUT2D eigenvalue weighted by molar-refractivity contribution is -0.239. The predicted octanol–water partition coefficient (Wildman–Crippen LogP) is 3.86. The summed E-state index contributed by atoms with van der Waals surface area (Å²) in [7, 11) is 1.63. The number of carbonyl (C=O) groups excluding carboxylic acids is 2. The van der Waals surface area contributed by atoms with Crippen LogP contribution in [-0.2, 0) is 30.4 Å². The van der Waals surface area contributed by atoms with E-state index in [9.17, 15) is 14.4 Å². The second-order valence-electron chi connectivity index (χ2n) is 10.5. The summed E-state index contributed by atoms with van der Waals surface area (Å²) in [5, 5.41) is 20.3. The van der Waals surface area contributed by atoms with Crippen LogP contribution in [0.5, 0.6) is 5.75 Å². The van der Waals surface area contributed by atoms with Crippen molar-refractivity contribution < 1.29 is 33.7 Å². The summed E-state index contributed by atoms with van der Waals surface area (Å²) in [5.74, 6) is -0.113. The monoisotopic (exact) mass is 558 g/mol. The van der Waals surface area contributed by atoms with Gasteiger partial charge in [-0.3, -0.25) is 14.4 Å². The Bertz CT molecular complexity index is 1120. The Morgan fingerprint density at radius 3 is 2.58 bits per heavy atom. The van der Waals surface area contributed by atoms with Gasteiger partial charge in [0.1, 0.15) is 17.2 Å². The first-order valence-electron chi connectivity index (χ1n) is 14.0. The lowest BCUT2D eigenvalue weighted by Gasteiger charge is -2.44. The van der Waals surface area contributed by atoms with Crippen molar-refractivity contribution >= 4 is 17.7 Å². The zero-order chi connectivity index (χ0) is 29.1. The van der Waals surface area contributed by atoms with Crippen molar-refractivity contribution in [3.05, 3.63) is 30.5 Å². The third-order valence-corrected chi connectivity index (χ3v) is 7.48. The van der Waals surface area contributed by atoms with E-state index in [1.165, 1.54) is 6.92 Å². The summed E-state index contributed by atoms with van der Waals surface area (Å²) in [5.41, 5.74) is 1.65. The van der Waals surface area contributed by atoms with Gasteiger partial charge in [-0.1, -0.05) is 44.0 Å². The Morgan fingerprint density at radius 2 is 1.85 bits per heavy atom.